The van der Waals surface area contributed by atoms with Crippen molar-refractivity contribution in [2.45, 2.75) is 18.9 Å². The number of fused-ring (bicyclic) bond motifs is 2. The van der Waals surface area contributed by atoms with Crippen LogP contribution < -0.4 is 0 Å². The van der Waals surface area contributed by atoms with Crippen LogP contribution in [-0.2, 0) is 47.7 Å². The van der Waals surface area contributed by atoms with Crippen molar-refractivity contribution in [1.82, 2.24) is 0 Å². The van der Waals surface area contributed by atoms with E-state index in [1.165, 1.54) is 6.08 Å². The molecule has 0 aliphatic heterocycles. The number of aliphatic hydroxyl groups is 1. The minimum atomic E-state index is -2.54. The summed E-state index contributed by atoms with van der Waals surface area (Å²) in [5.41, 5.74) is -2.17. The van der Waals surface area contributed by atoms with Crippen LogP contribution >= 0.6 is 0 Å². The number of hydrogen-bond donors (Lipinski definition) is 1. The van der Waals surface area contributed by atoms with Gasteiger partial charge in [-0.1, -0.05) is 37.3 Å². The summed E-state index contributed by atoms with van der Waals surface area (Å²) in [5.74, 6) is -12.4. The first-order valence-electron chi connectivity index (χ1n) is 11.8. The van der Waals surface area contributed by atoms with Crippen molar-refractivity contribution < 1.29 is 52.8 Å². The largest absolute Gasteiger partial charge is 0.469 e. The van der Waals surface area contributed by atoms with Gasteiger partial charge in [-0.05, 0) is 24.0 Å². The predicted molar refractivity (Wildman–Crippen MR) is 129 cm³/mol. The van der Waals surface area contributed by atoms with Crippen molar-refractivity contribution in [2.75, 3.05) is 28.4 Å². The molecule has 1 saturated carbocycles. The summed E-state index contributed by atoms with van der Waals surface area (Å²) in [5, 5.41) is 12.2. The third-order valence-electron chi connectivity index (χ3n) is 7.13. The van der Waals surface area contributed by atoms with Crippen molar-refractivity contribution >= 4 is 35.9 Å². The lowest BCUT2D eigenvalue weighted by Gasteiger charge is -2.55. The summed E-state index contributed by atoms with van der Waals surface area (Å²) in [4.78, 5) is 65.2. The van der Waals surface area contributed by atoms with Gasteiger partial charge in [-0.25, -0.2) is 9.59 Å². The summed E-state index contributed by atoms with van der Waals surface area (Å²) < 4.78 is 25.2. The van der Waals surface area contributed by atoms with Gasteiger partial charge in [0.15, 0.2) is 0 Å². The molecule has 0 amide bonds. The average Bonchev–Trinajstić information content (AvgIpc) is 2.91. The van der Waals surface area contributed by atoms with Crippen LogP contribution in [0.1, 0.15) is 18.9 Å². The van der Waals surface area contributed by atoms with Crippen molar-refractivity contribution in [3.63, 3.8) is 0 Å². The minimum Gasteiger partial charge on any atom is -0.469 e. The second-order valence-corrected chi connectivity index (χ2v) is 9.10. The highest BCUT2D eigenvalue weighted by Gasteiger charge is 2.71. The summed E-state index contributed by atoms with van der Waals surface area (Å²) in [7, 11) is 4.25. The molecule has 6 unspecified atom stereocenters. The maximum absolute atomic E-state index is 13.2. The first kappa shape index (κ1) is 28.6. The fourth-order valence-corrected chi connectivity index (χ4v) is 5.62. The monoisotopic (exact) mass is 530 g/mol. The zero-order valence-corrected chi connectivity index (χ0v) is 21.7. The van der Waals surface area contributed by atoms with Gasteiger partial charge >= 0.3 is 29.8 Å². The molecule has 204 valence electrons. The van der Waals surface area contributed by atoms with Crippen molar-refractivity contribution in [3.05, 3.63) is 53.3 Å². The van der Waals surface area contributed by atoms with E-state index in [1.54, 1.807) is 37.3 Å². The third kappa shape index (κ3) is 4.93. The Morgan fingerprint density at radius 1 is 0.868 bits per heavy atom. The second kappa shape index (κ2) is 11.6. The number of benzene rings is 1. The lowest BCUT2D eigenvalue weighted by molar-refractivity contribution is -0.212. The standard InChI is InChI=1S/C27H30O11/c1-14-13-16-18(23(29)34-2)22(38-17(28)12-11-15-9-7-6-8-10-15)21(26(32)37-5)27(33,19(14)24(30)35-3)20(16)25(31)36-4/h6-12,14,16,19-21,33H,13H2,1-5H3. The summed E-state index contributed by atoms with van der Waals surface area (Å²) in [6.07, 6.45) is 2.52. The average molecular weight is 531 g/mol. The molecule has 0 saturated heterocycles. The van der Waals surface area contributed by atoms with Crippen LogP contribution in [-0.4, -0.2) is 69.0 Å². The van der Waals surface area contributed by atoms with Gasteiger partial charge in [-0.3, -0.25) is 14.4 Å². The van der Waals surface area contributed by atoms with Crippen molar-refractivity contribution in [3.8, 4) is 0 Å². The molecule has 0 heterocycles. The summed E-state index contributed by atoms with van der Waals surface area (Å²) >= 11 is 0. The molecule has 38 heavy (non-hydrogen) atoms. The maximum atomic E-state index is 13.2. The molecule has 3 rings (SSSR count). The zero-order chi connectivity index (χ0) is 28.2. The van der Waals surface area contributed by atoms with E-state index in [0.29, 0.717) is 5.56 Å². The fourth-order valence-electron chi connectivity index (χ4n) is 5.62. The summed E-state index contributed by atoms with van der Waals surface area (Å²) in [6, 6.07) is 8.78. The minimum absolute atomic E-state index is 0.00107. The van der Waals surface area contributed by atoms with Gasteiger partial charge in [-0.2, -0.15) is 0 Å². The van der Waals surface area contributed by atoms with Gasteiger partial charge in [0, 0.05) is 12.0 Å². The predicted octanol–water partition coefficient (Wildman–Crippen LogP) is 1.44. The molecule has 2 aliphatic carbocycles. The Bertz CT molecular complexity index is 1170. The molecule has 1 aromatic rings. The zero-order valence-electron chi connectivity index (χ0n) is 21.7. The van der Waals surface area contributed by atoms with Crippen LogP contribution in [0.15, 0.2) is 47.7 Å². The number of esters is 5. The topological polar surface area (TPSA) is 152 Å². The van der Waals surface area contributed by atoms with Gasteiger partial charge in [0.2, 0.25) is 0 Å². The molecule has 0 spiro atoms. The molecular formula is C27H30O11. The smallest absolute Gasteiger partial charge is 0.337 e. The molecule has 1 aromatic carbocycles. The van der Waals surface area contributed by atoms with Gasteiger partial charge in [0.1, 0.15) is 17.3 Å². The number of carbonyl (C=O) groups excluding carboxylic acids is 5. The van der Waals surface area contributed by atoms with Crippen LogP contribution in [0.3, 0.4) is 0 Å². The number of hydrogen-bond acceptors (Lipinski definition) is 11. The number of methoxy groups -OCH3 is 4. The molecule has 2 bridgehead atoms. The second-order valence-electron chi connectivity index (χ2n) is 9.10. The number of carbonyl (C=O) groups is 5. The quantitative estimate of drug-likeness (QED) is 0.310. The lowest BCUT2D eigenvalue weighted by atomic mass is 9.50. The molecule has 1 fully saturated rings. The first-order chi connectivity index (χ1) is 18.1. The van der Waals surface area contributed by atoms with E-state index in [2.05, 4.69) is 0 Å². The first-order valence-corrected chi connectivity index (χ1v) is 11.8. The Balaban J connectivity index is 2.28. The van der Waals surface area contributed by atoms with Gasteiger partial charge in [-0.15, -0.1) is 0 Å². The Labute approximate surface area is 219 Å². The van der Waals surface area contributed by atoms with E-state index in [0.717, 1.165) is 34.5 Å². The van der Waals surface area contributed by atoms with Crippen LogP contribution in [0.5, 0.6) is 0 Å². The molecule has 1 N–H and O–H groups in total. The Kier molecular flexibility index (Phi) is 8.72. The van der Waals surface area contributed by atoms with Crippen molar-refractivity contribution in [2.24, 2.45) is 29.6 Å². The maximum Gasteiger partial charge on any atom is 0.337 e. The van der Waals surface area contributed by atoms with E-state index in [1.807, 2.05) is 0 Å². The Morgan fingerprint density at radius 3 is 2.00 bits per heavy atom. The van der Waals surface area contributed by atoms with Crippen LogP contribution in [0.25, 0.3) is 6.08 Å². The van der Waals surface area contributed by atoms with E-state index in [4.69, 9.17) is 23.7 Å². The molecule has 2 aliphatic rings. The van der Waals surface area contributed by atoms with Gasteiger partial charge in [0.25, 0.3) is 0 Å². The highest BCUT2D eigenvalue weighted by atomic mass is 16.6. The van der Waals surface area contributed by atoms with Crippen LogP contribution in [0.4, 0.5) is 0 Å². The number of rotatable bonds is 7. The molecule has 11 nitrogen and oxygen atoms in total. The molecule has 0 radical (unpaired) electrons. The molecule has 0 aromatic heterocycles. The third-order valence-corrected chi connectivity index (χ3v) is 7.13. The van der Waals surface area contributed by atoms with Gasteiger partial charge in [0.05, 0.1) is 45.8 Å². The Hall–Kier alpha value is -3.99. The van der Waals surface area contributed by atoms with E-state index in [9.17, 15) is 29.1 Å². The van der Waals surface area contributed by atoms with Crippen LogP contribution in [0, 0.1) is 29.6 Å². The fraction of sp³-hybridized carbons (Fsp3) is 0.444. The Morgan fingerprint density at radius 2 is 1.45 bits per heavy atom. The van der Waals surface area contributed by atoms with Gasteiger partial charge < -0.3 is 28.8 Å². The van der Waals surface area contributed by atoms with E-state index < -0.39 is 70.8 Å². The number of ether oxygens (including phenoxy) is 5. The van der Waals surface area contributed by atoms with Crippen molar-refractivity contribution in [1.29, 1.82) is 0 Å². The highest BCUT2D eigenvalue weighted by molar-refractivity contribution is 5.97. The summed E-state index contributed by atoms with van der Waals surface area (Å²) in [6.45, 7) is 1.61. The van der Waals surface area contributed by atoms with Crippen LogP contribution in [0.2, 0.25) is 0 Å². The molecule has 11 heteroatoms. The SMILES string of the molecule is COC(=O)C1=C(OC(=O)C=Cc2ccccc2)C(C(=O)OC)C2(O)C(C(=O)OC)C(C)CC1C2C(=O)OC. The molecular weight excluding hydrogens is 500 g/mol. The normalized spacial score (nSPS) is 28.3. The molecule has 6 atom stereocenters. The van der Waals surface area contributed by atoms with E-state index >= 15 is 0 Å². The van der Waals surface area contributed by atoms with E-state index in [-0.39, 0.29) is 12.0 Å². The lowest BCUT2D eigenvalue weighted by Crippen LogP contribution is -2.68. The highest BCUT2D eigenvalue weighted by Crippen LogP contribution is 2.58.